The van der Waals surface area contributed by atoms with Crippen molar-refractivity contribution >= 4 is 21.8 Å². The standard InChI is InChI=1S/C13H22BrNO/c1-9-5-6-11(8-10(9)2)15-7-3-4-12(14)13(15)16/h9-12H,3-8H2,1-2H3. The molecule has 2 nitrogen and oxygen atoms in total. The number of rotatable bonds is 1. The molecule has 0 aromatic rings. The number of amides is 1. The van der Waals surface area contributed by atoms with E-state index in [-0.39, 0.29) is 4.83 Å². The molecule has 4 atom stereocenters. The van der Waals surface area contributed by atoms with Gasteiger partial charge in [0.25, 0.3) is 0 Å². The summed E-state index contributed by atoms with van der Waals surface area (Å²) in [5.74, 6) is 1.93. The summed E-state index contributed by atoms with van der Waals surface area (Å²) in [7, 11) is 0. The van der Waals surface area contributed by atoms with Gasteiger partial charge in [-0.05, 0) is 43.9 Å². The van der Waals surface area contributed by atoms with Crippen molar-refractivity contribution in [2.75, 3.05) is 6.54 Å². The quantitative estimate of drug-likeness (QED) is 0.679. The summed E-state index contributed by atoms with van der Waals surface area (Å²) >= 11 is 3.50. The normalized spacial score (nSPS) is 41.2. The highest BCUT2D eigenvalue weighted by Gasteiger charge is 2.35. The van der Waals surface area contributed by atoms with Crippen LogP contribution in [0.1, 0.15) is 46.0 Å². The van der Waals surface area contributed by atoms with Gasteiger partial charge in [-0.3, -0.25) is 4.79 Å². The minimum absolute atomic E-state index is 0.0795. The molecular formula is C13H22BrNO. The van der Waals surface area contributed by atoms with E-state index in [9.17, 15) is 4.79 Å². The largest absolute Gasteiger partial charge is 0.339 e. The Morgan fingerprint density at radius 1 is 1.19 bits per heavy atom. The second-order valence-corrected chi connectivity index (χ2v) is 6.67. The first-order valence-corrected chi connectivity index (χ1v) is 7.45. The summed E-state index contributed by atoms with van der Waals surface area (Å²) < 4.78 is 0. The van der Waals surface area contributed by atoms with Crippen LogP contribution in [0.4, 0.5) is 0 Å². The molecule has 92 valence electrons. The fourth-order valence-corrected chi connectivity index (χ4v) is 3.61. The minimum Gasteiger partial charge on any atom is -0.339 e. The van der Waals surface area contributed by atoms with Crippen molar-refractivity contribution in [2.45, 2.75) is 56.8 Å². The smallest absolute Gasteiger partial charge is 0.236 e. The summed E-state index contributed by atoms with van der Waals surface area (Å²) in [6.07, 6.45) is 5.85. The molecule has 1 aliphatic heterocycles. The molecule has 4 unspecified atom stereocenters. The zero-order chi connectivity index (χ0) is 11.7. The van der Waals surface area contributed by atoms with Gasteiger partial charge < -0.3 is 4.90 Å². The van der Waals surface area contributed by atoms with Gasteiger partial charge in [0.15, 0.2) is 0 Å². The molecule has 1 saturated heterocycles. The van der Waals surface area contributed by atoms with Crippen molar-refractivity contribution < 1.29 is 4.79 Å². The van der Waals surface area contributed by atoms with Crippen molar-refractivity contribution in [1.82, 2.24) is 4.90 Å². The highest BCUT2D eigenvalue weighted by Crippen LogP contribution is 2.34. The number of halogens is 1. The molecule has 1 heterocycles. The predicted molar refractivity (Wildman–Crippen MR) is 69.6 cm³/mol. The van der Waals surface area contributed by atoms with Gasteiger partial charge in [-0.2, -0.15) is 0 Å². The van der Waals surface area contributed by atoms with E-state index in [0.29, 0.717) is 11.9 Å². The lowest BCUT2D eigenvalue weighted by Gasteiger charge is -2.42. The zero-order valence-corrected chi connectivity index (χ0v) is 11.9. The van der Waals surface area contributed by atoms with Gasteiger partial charge in [-0.15, -0.1) is 0 Å². The third kappa shape index (κ3) is 2.44. The molecule has 1 aliphatic carbocycles. The summed E-state index contributed by atoms with van der Waals surface area (Å²) in [4.78, 5) is 14.3. The Morgan fingerprint density at radius 2 is 1.94 bits per heavy atom. The Bertz CT molecular complexity index is 269. The lowest BCUT2D eigenvalue weighted by Crippen LogP contribution is -2.49. The number of likely N-dealkylation sites (tertiary alicyclic amines) is 1. The Labute approximate surface area is 107 Å². The fraction of sp³-hybridized carbons (Fsp3) is 0.923. The second kappa shape index (κ2) is 5.07. The van der Waals surface area contributed by atoms with Crippen molar-refractivity contribution in [1.29, 1.82) is 0 Å². The molecule has 0 bridgehead atoms. The number of hydrogen-bond acceptors (Lipinski definition) is 1. The number of nitrogens with zero attached hydrogens (tertiary/aromatic N) is 1. The molecule has 1 amide bonds. The monoisotopic (exact) mass is 287 g/mol. The van der Waals surface area contributed by atoms with Crippen LogP contribution in [-0.4, -0.2) is 28.2 Å². The molecule has 2 rings (SSSR count). The number of carbonyl (C=O) groups is 1. The lowest BCUT2D eigenvalue weighted by atomic mass is 9.78. The van der Waals surface area contributed by atoms with E-state index in [1.165, 1.54) is 19.3 Å². The molecule has 0 aromatic carbocycles. The minimum atomic E-state index is 0.0795. The fourth-order valence-electron chi connectivity index (χ4n) is 3.02. The third-order valence-electron chi connectivity index (χ3n) is 4.42. The first-order chi connectivity index (χ1) is 7.59. The van der Waals surface area contributed by atoms with E-state index in [4.69, 9.17) is 0 Å². The highest BCUT2D eigenvalue weighted by atomic mass is 79.9. The summed E-state index contributed by atoms with van der Waals surface area (Å²) in [5, 5.41) is 0. The summed E-state index contributed by atoms with van der Waals surface area (Å²) in [6.45, 7) is 5.65. The van der Waals surface area contributed by atoms with E-state index in [2.05, 4.69) is 34.7 Å². The van der Waals surface area contributed by atoms with Crippen LogP contribution in [-0.2, 0) is 4.79 Å². The number of hydrogen-bond donors (Lipinski definition) is 0. The topological polar surface area (TPSA) is 20.3 Å². The van der Waals surface area contributed by atoms with Gasteiger partial charge in [-0.1, -0.05) is 29.8 Å². The Balaban J connectivity index is 1.99. The van der Waals surface area contributed by atoms with Crippen LogP contribution in [0.5, 0.6) is 0 Å². The van der Waals surface area contributed by atoms with Crippen LogP contribution < -0.4 is 0 Å². The maximum Gasteiger partial charge on any atom is 0.236 e. The molecule has 1 saturated carbocycles. The second-order valence-electron chi connectivity index (χ2n) is 5.56. The van der Waals surface area contributed by atoms with E-state index in [1.54, 1.807) is 0 Å². The van der Waals surface area contributed by atoms with E-state index < -0.39 is 0 Å². The lowest BCUT2D eigenvalue weighted by molar-refractivity contribution is -0.136. The molecule has 3 heteroatoms. The first kappa shape index (κ1) is 12.4. The highest BCUT2D eigenvalue weighted by molar-refractivity contribution is 9.10. The predicted octanol–water partition coefficient (Wildman–Crippen LogP) is 3.20. The Morgan fingerprint density at radius 3 is 2.62 bits per heavy atom. The van der Waals surface area contributed by atoms with Gasteiger partial charge in [0, 0.05) is 12.6 Å². The summed E-state index contributed by atoms with van der Waals surface area (Å²) in [6, 6.07) is 0.513. The Hall–Kier alpha value is -0.0500. The van der Waals surface area contributed by atoms with Crippen LogP contribution in [0, 0.1) is 11.8 Å². The van der Waals surface area contributed by atoms with Gasteiger partial charge in [0.1, 0.15) is 0 Å². The molecule has 2 fully saturated rings. The average molecular weight is 288 g/mol. The van der Waals surface area contributed by atoms with Gasteiger partial charge in [-0.25, -0.2) is 0 Å². The van der Waals surface area contributed by atoms with E-state index >= 15 is 0 Å². The maximum absolute atomic E-state index is 12.1. The van der Waals surface area contributed by atoms with Crippen LogP contribution in [0.25, 0.3) is 0 Å². The van der Waals surface area contributed by atoms with Crippen LogP contribution in [0.3, 0.4) is 0 Å². The molecule has 0 aromatic heterocycles. The van der Waals surface area contributed by atoms with Gasteiger partial charge >= 0.3 is 0 Å². The molecular weight excluding hydrogens is 266 g/mol. The third-order valence-corrected chi connectivity index (χ3v) is 5.27. The van der Waals surface area contributed by atoms with Crippen LogP contribution in [0.2, 0.25) is 0 Å². The van der Waals surface area contributed by atoms with Crippen molar-refractivity contribution in [3.05, 3.63) is 0 Å². The average Bonchev–Trinajstić information content (AvgIpc) is 2.26. The zero-order valence-electron chi connectivity index (χ0n) is 10.3. The van der Waals surface area contributed by atoms with Crippen molar-refractivity contribution in [2.24, 2.45) is 11.8 Å². The number of alkyl halides is 1. The first-order valence-electron chi connectivity index (χ1n) is 6.54. The van der Waals surface area contributed by atoms with Crippen molar-refractivity contribution in [3.63, 3.8) is 0 Å². The van der Waals surface area contributed by atoms with Crippen LogP contribution in [0.15, 0.2) is 0 Å². The molecule has 2 aliphatic rings. The van der Waals surface area contributed by atoms with Gasteiger partial charge in [0.05, 0.1) is 4.83 Å². The maximum atomic E-state index is 12.1. The molecule has 0 spiro atoms. The summed E-state index contributed by atoms with van der Waals surface area (Å²) in [5.41, 5.74) is 0. The molecule has 16 heavy (non-hydrogen) atoms. The van der Waals surface area contributed by atoms with Crippen molar-refractivity contribution in [3.8, 4) is 0 Å². The SMILES string of the molecule is CC1CCC(N2CCCC(Br)C2=O)CC1C. The molecule has 0 radical (unpaired) electrons. The van der Waals surface area contributed by atoms with Crippen LogP contribution >= 0.6 is 15.9 Å². The molecule has 0 N–H and O–H groups in total. The van der Waals surface area contributed by atoms with E-state index in [1.807, 2.05) is 0 Å². The van der Waals surface area contributed by atoms with Gasteiger partial charge in [0.2, 0.25) is 5.91 Å². The Kier molecular flexibility index (Phi) is 3.93. The number of piperidine rings is 1. The number of carbonyl (C=O) groups excluding carboxylic acids is 1. The van der Waals surface area contributed by atoms with E-state index in [0.717, 1.165) is 31.2 Å².